The average Bonchev–Trinajstić information content (AvgIpc) is 2.74. The van der Waals surface area contributed by atoms with Crippen LogP contribution in [0.25, 0.3) is 11.4 Å². The summed E-state index contributed by atoms with van der Waals surface area (Å²) in [6, 6.07) is 9.00. The van der Waals surface area contributed by atoms with E-state index in [-0.39, 0.29) is 5.69 Å². The van der Waals surface area contributed by atoms with Gasteiger partial charge in [0.15, 0.2) is 5.69 Å². The number of benzene rings is 1. The van der Waals surface area contributed by atoms with Crippen LogP contribution in [0.5, 0.6) is 0 Å². The van der Waals surface area contributed by atoms with Gasteiger partial charge in [0.25, 0.3) is 0 Å². The highest BCUT2D eigenvalue weighted by molar-refractivity contribution is 5.57. The highest BCUT2D eigenvalue weighted by Crippen LogP contribution is 2.34. The van der Waals surface area contributed by atoms with Crippen molar-refractivity contribution in [3.63, 3.8) is 0 Å². The fourth-order valence-electron chi connectivity index (χ4n) is 2.20. The van der Waals surface area contributed by atoms with Crippen molar-refractivity contribution >= 4 is 0 Å². The minimum Gasteiger partial charge on any atom is -0.328 e. The van der Waals surface area contributed by atoms with E-state index in [0.29, 0.717) is 17.9 Å². The topological polar surface area (TPSA) is 17.8 Å². The van der Waals surface area contributed by atoms with Gasteiger partial charge in [0.2, 0.25) is 0 Å². The van der Waals surface area contributed by atoms with E-state index < -0.39 is 11.9 Å². The van der Waals surface area contributed by atoms with Crippen molar-refractivity contribution in [1.82, 2.24) is 9.55 Å². The number of hydrogen-bond acceptors (Lipinski definition) is 1. The number of hydrogen-bond donors (Lipinski definition) is 0. The van der Waals surface area contributed by atoms with Gasteiger partial charge < -0.3 is 4.57 Å². The molecule has 108 valence electrons. The summed E-state index contributed by atoms with van der Waals surface area (Å²) >= 11 is 0. The lowest BCUT2D eigenvalue weighted by molar-refractivity contribution is -0.141. The summed E-state index contributed by atoms with van der Waals surface area (Å²) in [4.78, 5) is 3.84. The summed E-state index contributed by atoms with van der Waals surface area (Å²) in [6.07, 6.45) is -2.66. The highest BCUT2D eigenvalue weighted by atomic mass is 19.4. The number of alkyl halides is 3. The zero-order chi connectivity index (χ0) is 14.8. The molecule has 0 fully saturated rings. The molecule has 1 heterocycles. The van der Waals surface area contributed by atoms with Crippen molar-refractivity contribution in [2.24, 2.45) is 0 Å². The molecule has 0 aliphatic heterocycles. The van der Waals surface area contributed by atoms with Crippen molar-refractivity contribution in [1.29, 1.82) is 0 Å². The van der Waals surface area contributed by atoms with Gasteiger partial charge >= 0.3 is 6.18 Å². The van der Waals surface area contributed by atoms with Gasteiger partial charge in [-0.2, -0.15) is 13.2 Å². The first kappa shape index (κ1) is 14.6. The molecule has 0 aliphatic rings. The van der Waals surface area contributed by atoms with Crippen LogP contribution in [-0.2, 0) is 12.7 Å². The van der Waals surface area contributed by atoms with Gasteiger partial charge in [-0.15, -0.1) is 0 Å². The fraction of sp³-hybridized carbons (Fsp3) is 0.400. The van der Waals surface area contributed by atoms with Gasteiger partial charge in [-0.25, -0.2) is 4.98 Å². The highest BCUT2D eigenvalue weighted by Gasteiger charge is 2.37. The summed E-state index contributed by atoms with van der Waals surface area (Å²) in [5, 5.41) is 0. The normalized spacial score (nSPS) is 11.8. The van der Waals surface area contributed by atoms with Crippen molar-refractivity contribution in [3.05, 3.63) is 41.7 Å². The molecule has 20 heavy (non-hydrogen) atoms. The summed E-state index contributed by atoms with van der Waals surface area (Å²) < 4.78 is 40.7. The number of halogens is 3. The Balaban J connectivity index is 2.54. The third kappa shape index (κ3) is 2.86. The quantitative estimate of drug-likeness (QED) is 0.796. The molecule has 2 aromatic rings. The zero-order valence-electron chi connectivity index (χ0n) is 11.5. The number of aromatic nitrogens is 2. The van der Waals surface area contributed by atoms with Crippen molar-refractivity contribution in [2.75, 3.05) is 0 Å². The Morgan fingerprint density at radius 2 is 1.80 bits per heavy atom. The first-order chi connectivity index (χ1) is 9.45. The molecule has 1 aromatic carbocycles. The first-order valence-corrected chi connectivity index (χ1v) is 6.65. The molecule has 0 saturated heterocycles. The lowest BCUT2D eigenvalue weighted by Gasteiger charge is -2.10. The summed E-state index contributed by atoms with van der Waals surface area (Å²) in [7, 11) is 0. The lowest BCUT2D eigenvalue weighted by atomic mass is 10.2. The minimum absolute atomic E-state index is 0.185. The fourth-order valence-corrected chi connectivity index (χ4v) is 2.20. The van der Waals surface area contributed by atoms with Gasteiger partial charge in [-0.3, -0.25) is 0 Å². The molecule has 0 N–H and O–H groups in total. The van der Waals surface area contributed by atoms with Crippen LogP contribution in [0.3, 0.4) is 0 Å². The molecule has 2 rings (SSSR count). The van der Waals surface area contributed by atoms with E-state index in [1.807, 2.05) is 13.0 Å². The Hall–Kier alpha value is -1.78. The molecule has 0 aliphatic carbocycles. The van der Waals surface area contributed by atoms with Crippen LogP contribution < -0.4 is 0 Å². The third-order valence-corrected chi connectivity index (χ3v) is 3.26. The Bertz CT molecular complexity index is 571. The Morgan fingerprint density at radius 3 is 2.35 bits per heavy atom. The van der Waals surface area contributed by atoms with Crippen LogP contribution in [0.1, 0.15) is 31.2 Å². The van der Waals surface area contributed by atoms with Gasteiger partial charge in [0.1, 0.15) is 5.82 Å². The van der Waals surface area contributed by atoms with E-state index in [1.165, 1.54) is 6.92 Å². The smallest absolute Gasteiger partial charge is 0.328 e. The molecule has 5 heteroatoms. The number of nitrogens with zero attached hydrogens (tertiary/aromatic N) is 2. The molecule has 0 spiro atoms. The van der Waals surface area contributed by atoms with Crippen LogP contribution in [0.15, 0.2) is 30.3 Å². The van der Waals surface area contributed by atoms with Gasteiger partial charge in [0, 0.05) is 17.8 Å². The molecule has 0 amide bonds. The van der Waals surface area contributed by atoms with E-state index in [0.717, 1.165) is 12.8 Å². The van der Waals surface area contributed by atoms with Gasteiger partial charge in [-0.1, -0.05) is 43.7 Å². The first-order valence-electron chi connectivity index (χ1n) is 6.65. The second-order valence-electron chi connectivity index (χ2n) is 4.74. The summed E-state index contributed by atoms with van der Waals surface area (Å²) in [5.41, 5.74) is 0.111. The maximum absolute atomic E-state index is 13.0. The number of unbranched alkanes of at least 4 members (excludes halogenated alkanes) is 1. The maximum Gasteiger partial charge on any atom is 0.435 e. The molecule has 0 saturated carbocycles. The molecular weight excluding hydrogens is 265 g/mol. The molecule has 0 radical (unpaired) electrons. The number of rotatable bonds is 4. The van der Waals surface area contributed by atoms with Crippen LogP contribution in [0.4, 0.5) is 13.2 Å². The average molecular weight is 282 g/mol. The van der Waals surface area contributed by atoms with E-state index in [2.05, 4.69) is 4.98 Å². The Kier molecular flexibility index (Phi) is 4.16. The second kappa shape index (κ2) is 5.69. The summed E-state index contributed by atoms with van der Waals surface area (Å²) in [6.45, 7) is 4.05. The van der Waals surface area contributed by atoms with E-state index in [4.69, 9.17) is 0 Å². The molecule has 0 atom stereocenters. The molecule has 0 unspecified atom stereocenters. The maximum atomic E-state index is 13.0. The Labute approximate surface area is 116 Å². The number of imidazole rings is 1. The van der Waals surface area contributed by atoms with Gasteiger partial charge in [0.05, 0.1) is 0 Å². The summed E-state index contributed by atoms with van der Waals surface area (Å²) in [5.74, 6) is 0.392. The van der Waals surface area contributed by atoms with E-state index >= 15 is 0 Å². The van der Waals surface area contributed by atoms with E-state index in [9.17, 15) is 13.2 Å². The SMILES string of the molecule is CCCCn1c(-c2ccccc2)nc(C(F)(F)F)c1C. The van der Waals surface area contributed by atoms with E-state index in [1.54, 1.807) is 28.8 Å². The standard InChI is InChI=1S/C15H17F3N2/c1-3-4-10-20-11(2)13(15(16,17)18)19-14(20)12-8-6-5-7-9-12/h5-9H,3-4,10H2,1-2H3. The predicted molar refractivity (Wildman–Crippen MR) is 72.3 cm³/mol. The lowest BCUT2D eigenvalue weighted by Crippen LogP contribution is -2.09. The molecule has 0 bridgehead atoms. The second-order valence-corrected chi connectivity index (χ2v) is 4.74. The third-order valence-electron chi connectivity index (χ3n) is 3.26. The molecule has 1 aromatic heterocycles. The zero-order valence-corrected chi connectivity index (χ0v) is 11.5. The van der Waals surface area contributed by atoms with Crippen molar-refractivity contribution in [2.45, 2.75) is 39.4 Å². The Morgan fingerprint density at radius 1 is 1.15 bits per heavy atom. The van der Waals surface area contributed by atoms with Gasteiger partial charge in [-0.05, 0) is 13.3 Å². The van der Waals surface area contributed by atoms with Crippen LogP contribution in [0, 0.1) is 6.92 Å². The molecule has 2 nitrogen and oxygen atoms in total. The predicted octanol–water partition coefficient (Wildman–Crippen LogP) is 4.68. The van der Waals surface area contributed by atoms with Crippen LogP contribution in [-0.4, -0.2) is 9.55 Å². The van der Waals surface area contributed by atoms with Crippen molar-refractivity contribution in [3.8, 4) is 11.4 Å². The monoisotopic (exact) mass is 282 g/mol. The largest absolute Gasteiger partial charge is 0.435 e. The van der Waals surface area contributed by atoms with Crippen LogP contribution in [0.2, 0.25) is 0 Å². The van der Waals surface area contributed by atoms with Crippen LogP contribution >= 0.6 is 0 Å². The minimum atomic E-state index is -4.41. The van der Waals surface area contributed by atoms with Crippen molar-refractivity contribution < 1.29 is 13.2 Å². The molecular formula is C15H17F3N2.